The molecule has 1 aromatic heterocycles. The van der Waals surface area contributed by atoms with E-state index in [1.165, 1.54) is 12.1 Å². The highest BCUT2D eigenvalue weighted by atomic mass is 19.1. The summed E-state index contributed by atoms with van der Waals surface area (Å²) in [6, 6.07) is 8.08. The van der Waals surface area contributed by atoms with E-state index in [-0.39, 0.29) is 12.1 Å². The zero-order valence-corrected chi connectivity index (χ0v) is 12.6. The molecular formula is C17H18FN3O. The van der Waals surface area contributed by atoms with Crippen LogP contribution in [-0.2, 0) is 6.42 Å². The van der Waals surface area contributed by atoms with Crippen molar-refractivity contribution in [3.63, 3.8) is 0 Å². The molecule has 1 aliphatic rings. The molecule has 1 aliphatic heterocycles. The predicted molar refractivity (Wildman–Crippen MR) is 83.0 cm³/mol. The second-order valence-electron chi connectivity index (χ2n) is 5.92. The van der Waals surface area contributed by atoms with E-state index in [0.717, 1.165) is 17.7 Å². The first-order valence-corrected chi connectivity index (χ1v) is 7.34. The molecule has 0 aliphatic carbocycles. The van der Waals surface area contributed by atoms with Crippen LogP contribution >= 0.6 is 0 Å². The van der Waals surface area contributed by atoms with E-state index in [0.29, 0.717) is 17.2 Å². The van der Waals surface area contributed by atoms with Crippen molar-refractivity contribution in [2.24, 2.45) is 5.92 Å². The molecule has 22 heavy (non-hydrogen) atoms. The molecule has 1 unspecified atom stereocenters. The minimum absolute atomic E-state index is 0.287. The van der Waals surface area contributed by atoms with E-state index in [4.69, 9.17) is 0 Å². The molecular weight excluding hydrogens is 281 g/mol. The van der Waals surface area contributed by atoms with E-state index < -0.39 is 5.82 Å². The Morgan fingerprint density at radius 3 is 2.73 bits per heavy atom. The lowest BCUT2D eigenvalue weighted by Gasteiger charge is -2.28. The molecule has 1 amide bonds. The van der Waals surface area contributed by atoms with Gasteiger partial charge in [-0.15, -0.1) is 0 Å². The number of rotatable bonds is 3. The summed E-state index contributed by atoms with van der Waals surface area (Å²) in [5.74, 6) is -0.161. The van der Waals surface area contributed by atoms with Crippen LogP contribution in [0.5, 0.6) is 0 Å². The fourth-order valence-electron chi connectivity index (χ4n) is 2.54. The number of benzene rings is 1. The number of carbonyl (C=O) groups is 1. The summed E-state index contributed by atoms with van der Waals surface area (Å²) in [4.78, 5) is 16.5. The van der Waals surface area contributed by atoms with Gasteiger partial charge in [-0.2, -0.15) is 0 Å². The second-order valence-corrected chi connectivity index (χ2v) is 5.92. The maximum atomic E-state index is 13.2. The lowest BCUT2D eigenvalue weighted by atomic mass is 10.0. The zero-order valence-electron chi connectivity index (χ0n) is 12.6. The Hall–Kier alpha value is -2.43. The highest BCUT2D eigenvalue weighted by Crippen LogP contribution is 2.27. The average molecular weight is 299 g/mol. The summed E-state index contributed by atoms with van der Waals surface area (Å²) in [7, 11) is 0. The van der Waals surface area contributed by atoms with Crippen LogP contribution in [0.25, 0.3) is 0 Å². The zero-order chi connectivity index (χ0) is 15.7. The van der Waals surface area contributed by atoms with Gasteiger partial charge >= 0.3 is 0 Å². The van der Waals surface area contributed by atoms with Crippen LogP contribution in [0.2, 0.25) is 0 Å². The largest absolute Gasteiger partial charge is 0.361 e. The van der Waals surface area contributed by atoms with Crippen molar-refractivity contribution in [1.82, 2.24) is 10.3 Å². The number of aromatic nitrogens is 1. The minimum atomic E-state index is -0.422. The van der Waals surface area contributed by atoms with E-state index in [1.54, 1.807) is 12.3 Å². The summed E-state index contributed by atoms with van der Waals surface area (Å²) in [6.45, 7) is 4.29. The van der Waals surface area contributed by atoms with Crippen LogP contribution in [-0.4, -0.2) is 10.9 Å². The van der Waals surface area contributed by atoms with Gasteiger partial charge in [0.05, 0.1) is 5.56 Å². The van der Waals surface area contributed by atoms with Crippen molar-refractivity contribution in [2.75, 3.05) is 5.32 Å². The molecule has 2 N–H and O–H groups in total. The number of hydrogen-bond donors (Lipinski definition) is 2. The van der Waals surface area contributed by atoms with Crippen LogP contribution in [0, 0.1) is 11.7 Å². The fraction of sp³-hybridized carbons (Fsp3) is 0.294. The number of anilines is 1. The fourth-order valence-corrected chi connectivity index (χ4v) is 2.54. The van der Waals surface area contributed by atoms with Crippen molar-refractivity contribution >= 4 is 11.6 Å². The maximum absolute atomic E-state index is 13.2. The molecule has 0 saturated heterocycles. The molecule has 0 fully saturated rings. The van der Waals surface area contributed by atoms with E-state index in [9.17, 15) is 9.18 Å². The molecule has 1 aromatic carbocycles. The monoisotopic (exact) mass is 299 g/mol. The van der Waals surface area contributed by atoms with Gasteiger partial charge in [0.25, 0.3) is 5.91 Å². The van der Waals surface area contributed by atoms with Crippen LogP contribution in [0.1, 0.15) is 41.6 Å². The third-order valence-corrected chi connectivity index (χ3v) is 3.60. The van der Waals surface area contributed by atoms with Crippen LogP contribution in [0.3, 0.4) is 0 Å². The molecule has 4 nitrogen and oxygen atoms in total. The van der Waals surface area contributed by atoms with E-state index >= 15 is 0 Å². The first-order valence-electron chi connectivity index (χ1n) is 7.34. The Balaban J connectivity index is 1.82. The number of fused-ring (bicyclic) bond motifs is 1. The molecule has 0 bridgehead atoms. The molecule has 2 heterocycles. The summed E-state index contributed by atoms with van der Waals surface area (Å²) in [6.07, 6.45) is 2.34. The number of hydrogen-bond acceptors (Lipinski definition) is 3. The van der Waals surface area contributed by atoms with E-state index in [1.807, 2.05) is 12.1 Å². The molecule has 1 atom stereocenters. The van der Waals surface area contributed by atoms with Crippen molar-refractivity contribution < 1.29 is 9.18 Å². The van der Waals surface area contributed by atoms with Crippen molar-refractivity contribution in [3.8, 4) is 0 Å². The Morgan fingerprint density at radius 1 is 1.23 bits per heavy atom. The molecule has 0 radical (unpaired) electrons. The molecule has 0 spiro atoms. The summed E-state index contributed by atoms with van der Waals surface area (Å²) >= 11 is 0. The van der Waals surface area contributed by atoms with Gasteiger partial charge in [-0.3, -0.25) is 9.78 Å². The first-order chi connectivity index (χ1) is 10.5. The Labute approximate surface area is 128 Å². The van der Waals surface area contributed by atoms with Gasteiger partial charge in [0.1, 0.15) is 12.0 Å². The van der Waals surface area contributed by atoms with Gasteiger partial charge in [-0.05, 0) is 36.6 Å². The van der Waals surface area contributed by atoms with Gasteiger partial charge in [0.15, 0.2) is 0 Å². The lowest BCUT2D eigenvalue weighted by molar-refractivity contribution is 0.0935. The molecule has 5 heteroatoms. The third-order valence-electron chi connectivity index (χ3n) is 3.60. The number of nitrogens with zero attached hydrogens (tertiary/aromatic N) is 1. The number of pyridine rings is 1. The van der Waals surface area contributed by atoms with Gasteiger partial charge in [-0.25, -0.2) is 4.39 Å². The number of nitrogens with one attached hydrogen (secondary N) is 2. The molecule has 3 rings (SSSR count). The smallest absolute Gasteiger partial charge is 0.255 e. The number of amides is 1. The standard InChI is InChI=1S/C17H18FN3O/c1-10(2)7-13-5-3-11(9-19-13)16-20-15-6-4-12(18)8-14(15)17(22)21-16/h3-6,8-10,16,20H,7H2,1-2H3,(H,21,22). The quantitative estimate of drug-likeness (QED) is 0.914. The normalized spacial score (nSPS) is 16.9. The summed E-state index contributed by atoms with van der Waals surface area (Å²) in [5, 5.41) is 6.01. The Morgan fingerprint density at radius 2 is 2.05 bits per heavy atom. The van der Waals surface area contributed by atoms with E-state index in [2.05, 4.69) is 29.5 Å². The summed E-state index contributed by atoms with van der Waals surface area (Å²) < 4.78 is 13.2. The van der Waals surface area contributed by atoms with Crippen LogP contribution in [0.4, 0.5) is 10.1 Å². The van der Waals surface area contributed by atoms with Gasteiger partial charge in [0.2, 0.25) is 0 Å². The first kappa shape index (κ1) is 14.5. The minimum Gasteiger partial charge on any atom is -0.361 e. The Bertz CT molecular complexity index is 698. The second kappa shape index (κ2) is 5.75. The molecule has 2 aromatic rings. The van der Waals surface area contributed by atoms with Gasteiger partial charge < -0.3 is 10.6 Å². The predicted octanol–water partition coefficient (Wildman–Crippen LogP) is 3.27. The maximum Gasteiger partial charge on any atom is 0.255 e. The van der Waals surface area contributed by atoms with Gasteiger partial charge in [0, 0.05) is 23.1 Å². The summed E-state index contributed by atoms with van der Waals surface area (Å²) in [5.41, 5.74) is 2.85. The molecule has 114 valence electrons. The molecule has 0 saturated carbocycles. The van der Waals surface area contributed by atoms with Gasteiger partial charge in [-0.1, -0.05) is 19.9 Å². The highest BCUT2D eigenvalue weighted by Gasteiger charge is 2.25. The van der Waals surface area contributed by atoms with Crippen molar-refractivity contribution in [3.05, 3.63) is 59.2 Å². The Kier molecular flexibility index (Phi) is 3.79. The highest BCUT2D eigenvalue weighted by molar-refractivity contribution is 6.01. The SMILES string of the molecule is CC(C)Cc1ccc(C2NC(=O)c3cc(F)ccc3N2)cn1. The topological polar surface area (TPSA) is 54.0 Å². The average Bonchev–Trinajstić information content (AvgIpc) is 2.48. The van der Waals surface area contributed by atoms with Crippen LogP contribution < -0.4 is 10.6 Å². The number of halogens is 1. The van der Waals surface area contributed by atoms with Crippen LogP contribution in [0.15, 0.2) is 36.5 Å². The van der Waals surface area contributed by atoms with Crippen molar-refractivity contribution in [2.45, 2.75) is 26.4 Å². The van der Waals surface area contributed by atoms with Crippen molar-refractivity contribution in [1.29, 1.82) is 0 Å². The number of carbonyl (C=O) groups excluding carboxylic acids is 1. The lowest BCUT2D eigenvalue weighted by Crippen LogP contribution is -2.38. The third kappa shape index (κ3) is 2.93.